The summed E-state index contributed by atoms with van der Waals surface area (Å²) in [6.45, 7) is -0.137. The lowest BCUT2D eigenvalue weighted by atomic mass is 10.2. The van der Waals surface area contributed by atoms with Crippen molar-refractivity contribution >= 4 is 11.6 Å². The third-order valence-electron chi connectivity index (χ3n) is 3.20. The fourth-order valence-electron chi connectivity index (χ4n) is 2.13. The lowest BCUT2D eigenvalue weighted by molar-refractivity contribution is -0.116. The van der Waals surface area contributed by atoms with Crippen LogP contribution in [0.1, 0.15) is 0 Å². The number of amides is 1. The first-order chi connectivity index (χ1) is 11.1. The van der Waals surface area contributed by atoms with Gasteiger partial charge in [-0.15, -0.1) is 0 Å². The number of hydrogen-bond acceptors (Lipinski definition) is 3. The molecule has 1 aromatic carbocycles. The van der Waals surface area contributed by atoms with Crippen LogP contribution in [-0.2, 0) is 11.3 Å². The highest BCUT2D eigenvalue weighted by Gasteiger charge is 2.09. The van der Waals surface area contributed by atoms with Crippen LogP contribution in [-0.4, -0.2) is 20.3 Å². The van der Waals surface area contributed by atoms with E-state index in [-0.39, 0.29) is 17.8 Å². The molecule has 0 bridgehead atoms. The quantitative estimate of drug-likeness (QED) is 0.799. The molecule has 0 atom stereocenters. The highest BCUT2D eigenvalue weighted by Crippen LogP contribution is 2.17. The summed E-state index contributed by atoms with van der Waals surface area (Å²) in [4.78, 5) is 23.5. The van der Waals surface area contributed by atoms with Crippen LogP contribution in [0.4, 0.5) is 10.1 Å². The van der Waals surface area contributed by atoms with E-state index in [1.807, 2.05) is 0 Å². The molecule has 0 saturated carbocycles. The number of halogens is 1. The van der Waals surface area contributed by atoms with Gasteiger partial charge in [-0.25, -0.2) is 9.07 Å². The number of carbonyl (C=O) groups excluding carboxylic acids is 1. The molecular formula is C16H13FN4O2. The normalized spacial score (nSPS) is 10.5. The lowest BCUT2D eigenvalue weighted by Crippen LogP contribution is -2.26. The van der Waals surface area contributed by atoms with Gasteiger partial charge in [0.25, 0.3) is 5.56 Å². The minimum atomic E-state index is -0.511. The van der Waals surface area contributed by atoms with Gasteiger partial charge >= 0.3 is 0 Å². The number of carbonyl (C=O) groups is 1. The monoisotopic (exact) mass is 312 g/mol. The summed E-state index contributed by atoms with van der Waals surface area (Å²) >= 11 is 0. The molecule has 0 aliphatic carbocycles. The maximum Gasteiger partial charge on any atom is 0.250 e. The first kappa shape index (κ1) is 14.7. The molecule has 116 valence electrons. The largest absolute Gasteiger partial charge is 0.324 e. The van der Waals surface area contributed by atoms with E-state index in [4.69, 9.17) is 0 Å². The number of rotatable bonds is 4. The summed E-state index contributed by atoms with van der Waals surface area (Å²) in [6, 6.07) is 10.6. The van der Waals surface area contributed by atoms with Crippen LogP contribution in [0.3, 0.4) is 0 Å². The average Bonchev–Trinajstić information content (AvgIpc) is 3.04. The van der Waals surface area contributed by atoms with Gasteiger partial charge in [0.1, 0.15) is 12.2 Å². The van der Waals surface area contributed by atoms with Crippen LogP contribution in [0.5, 0.6) is 0 Å². The fraction of sp³-hybridized carbons (Fsp3) is 0.0625. The first-order valence-corrected chi connectivity index (χ1v) is 6.88. The van der Waals surface area contributed by atoms with Gasteiger partial charge < -0.3 is 9.88 Å². The molecule has 0 spiro atoms. The molecule has 0 aliphatic heterocycles. The summed E-state index contributed by atoms with van der Waals surface area (Å²) < 4.78 is 16.7. The second-order valence-corrected chi connectivity index (χ2v) is 4.83. The van der Waals surface area contributed by atoms with Crippen LogP contribution in [0.2, 0.25) is 0 Å². The molecule has 2 heterocycles. The number of benzene rings is 1. The van der Waals surface area contributed by atoms with Crippen molar-refractivity contribution in [3.8, 4) is 5.69 Å². The van der Waals surface area contributed by atoms with Crippen LogP contribution < -0.4 is 10.9 Å². The number of nitrogens with zero attached hydrogens (tertiary/aromatic N) is 3. The molecular weight excluding hydrogens is 299 g/mol. The maximum absolute atomic E-state index is 14.1. The van der Waals surface area contributed by atoms with E-state index >= 15 is 0 Å². The minimum Gasteiger partial charge on any atom is -0.324 e. The van der Waals surface area contributed by atoms with Crippen molar-refractivity contribution in [1.29, 1.82) is 0 Å². The zero-order chi connectivity index (χ0) is 16.2. The van der Waals surface area contributed by atoms with Crippen molar-refractivity contribution in [2.75, 3.05) is 5.32 Å². The number of pyridine rings is 1. The zero-order valence-electron chi connectivity index (χ0n) is 12.0. The second kappa shape index (κ2) is 6.27. The Bertz CT molecular complexity index is 887. The van der Waals surface area contributed by atoms with Gasteiger partial charge in [-0.3, -0.25) is 9.59 Å². The highest BCUT2D eigenvalue weighted by atomic mass is 19.1. The number of nitrogens with one attached hydrogen (secondary N) is 1. The minimum absolute atomic E-state index is 0.137. The van der Waals surface area contributed by atoms with Gasteiger partial charge in [-0.2, -0.15) is 5.10 Å². The molecule has 1 N–H and O–H groups in total. The summed E-state index contributed by atoms with van der Waals surface area (Å²) in [5.74, 6) is -0.923. The molecule has 0 saturated heterocycles. The van der Waals surface area contributed by atoms with E-state index in [1.54, 1.807) is 36.7 Å². The van der Waals surface area contributed by atoms with Gasteiger partial charge in [0.15, 0.2) is 5.82 Å². The Morgan fingerprint density at radius 3 is 2.74 bits per heavy atom. The Labute approximate surface area is 130 Å². The molecule has 3 aromatic rings. The number of aromatic nitrogens is 3. The van der Waals surface area contributed by atoms with Crippen LogP contribution in [0, 0.1) is 5.82 Å². The number of anilines is 1. The van der Waals surface area contributed by atoms with Crippen LogP contribution >= 0.6 is 0 Å². The summed E-state index contributed by atoms with van der Waals surface area (Å²) in [5, 5.41) is 6.52. The predicted octanol–water partition coefficient (Wildman–Crippen LogP) is 1.81. The van der Waals surface area contributed by atoms with Crippen LogP contribution in [0.15, 0.2) is 65.8 Å². The Kier molecular flexibility index (Phi) is 4.01. The molecule has 1 amide bonds. The van der Waals surface area contributed by atoms with E-state index in [0.29, 0.717) is 5.69 Å². The molecule has 7 heteroatoms. The Morgan fingerprint density at radius 2 is 2.04 bits per heavy atom. The van der Waals surface area contributed by atoms with Crippen molar-refractivity contribution in [2.45, 2.75) is 6.54 Å². The molecule has 0 radical (unpaired) electrons. The van der Waals surface area contributed by atoms with Crippen molar-refractivity contribution in [3.63, 3.8) is 0 Å². The molecule has 6 nitrogen and oxygen atoms in total. The Balaban J connectivity index is 1.73. The molecule has 23 heavy (non-hydrogen) atoms. The van der Waals surface area contributed by atoms with Gasteiger partial charge in [-0.05, 0) is 30.3 Å². The second-order valence-electron chi connectivity index (χ2n) is 4.83. The van der Waals surface area contributed by atoms with E-state index < -0.39 is 11.7 Å². The lowest BCUT2D eigenvalue weighted by Gasteiger charge is -2.09. The summed E-state index contributed by atoms with van der Waals surface area (Å²) in [6.07, 6.45) is 4.69. The molecule has 3 rings (SSSR count). The van der Waals surface area contributed by atoms with Crippen molar-refractivity contribution in [2.24, 2.45) is 0 Å². The standard InChI is InChI=1S/C16H13FN4O2/c17-13-10-12(5-6-14(13)21-9-3-7-18-21)19-15(22)11-20-8-2-1-4-16(20)23/h1-10H,11H2,(H,19,22). The topological polar surface area (TPSA) is 68.9 Å². The van der Waals surface area contributed by atoms with E-state index in [0.717, 1.165) is 0 Å². The fourth-order valence-corrected chi connectivity index (χ4v) is 2.13. The summed E-state index contributed by atoms with van der Waals surface area (Å²) in [5.41, 5.74) is 0.322. The van der Waals surface area contributed by atoms with Gasteiger partial charge in [0, 0.05) is 30.3 Å². The maximum atomic E-state index is 14.1. The zero-order valence-corrected chi connectivity index (χ0v) is 12.0. The van der Waals surface area contributed by atoms with E-state index in [1.165, 1.54) is 33.6 Å². The molecule has 0 aliphatic rings. The molecule has 0 unspecified atom stereocenters. The van der Waals surface area contributed by atoms with E-state index in [2.05, 4.69) is 10.4 Å². The van der Waals surface area contributed by atoms with Crippen LogP contribution in [0.25, 0.3) is 5.69 Å². The Hall–Kier alpha value is -3.22. The van der Waals surface area contributed by atoms with Crippen molar-refractivity contribution in [3.05, 3.63) is 77.2 Å². The molecule has 0 fully saturated rings. The first-order valence-electron chi connectivity index (χ1n) is 6.88. The highest BCUT2D eigenvalue weighted by molar-refractivity contribution is 5.90. The molecule has 2 aromatic heterocycles. The third kappa shape index (κ3) is 3.34. The third-order valence-corrected chi connectivity index (χ3v) is 3.20. The average molecular weight is 312 g/mol. The summed E-state index contributed by atoms with van der Waals surface area (Å²) in [7, 11) is 0. The SMILES string of the molecule is O=C(Cn1ccccc1=O)Nc1ccc(-n2cccn2)c(F)c1. The predicted molar refractivity (Wildman–Crippen MR) is 82.9 cm³/mol. The van der Waals surface area contributed by atoms with Crippen molar-refractivity contribution < 1.29 is 9.18 Å². The Morgan fingerprint density at radius 1 is 1.17 bits per heavy atom. The van der Waals surface area contributed by atoms with Crippen molar-refractivity contribution in [1.82, 2.24) is 14.3 Å². The number of hydrogen-bond donors (Lipinski definition) is 1. The van der Waals surface area contributed by atoms with E-state index in [9.17, 15) is 14.0 Å². The van der Waals surface area contributed by atoms with Gasteiger partial charge in [0.2, 0.25) is 5.91 Å². The van der Waals surface area contributed by atoms with Gasteiger partial charge in [-0.1, -0.05) is 6.07 Å². The van der Waals surface area contributed by atoms with Gasteiger partial charge in [0.05, 0.1) is 0 Å². The smallest absolute Gasteiger partial charge is 0.250 e.